The van der Waals surface area contributed by atoms with Gasteiger partial charge in [-0.05, 0) is 23.8 Å². The van der Waals surface area contributed by atoms with E-state index in [2.05, 4.69) is 0 Å². The van der Waals surface area contributed by atoms with Crippen LogP contribution in [0.5, 0.6) is 0 Å². The Bertz CT molecular complexity index is 371. The van der Waals surface area contributed by atoms with E-state index in [9.17, 15) is 4.39 Å². The van der Waals surface area contributed by atoms with Crippen LogP contribution in [0.2, 0.25) is 0 Å². The van der Waals surface area contributed by atoms with Gasteiger partial charge in [-0.1, -0.05) is 12.1 Å². The Hall–Kier alpha value is -1.07. The lowest BCUT2D eigenvalue weighted by atomic mass is 10.1. The van der Waals surface area contributed by atoms with Crippen molar-refractivity contribution in [3.8, 4) is 0 Å². The monoisotopic (exact) mass is 242 g/mol. The SMILES string of the molecule is N=C(N)c1ccc(CSCCCO)c(F)c1. The molecule has 1 aromatic rings. The number of thioether (sulfide) groups is 1. The second-order valence-corrected chi connectivity index (χ2v) is 4.45. The highest BCUT2D eigenvalue weighted by Crippen LogP contribution is 2.17. The average molecular weight is 242 g/mol. The maximum Gasteiger partial charge on any atom is 0.127 e. The fourth-order valence-electron chi connectivity index (χ4n) is 1.18. The normalized spacial score (nSPS) is 10.4. The van der Waals surface area contributed by atoms with E-state index in [0.717, 1.165) is 12.2 Å². The van der Waals surface area contributed by atoms with Crippen molar-refractivity contribution in [2.45, 2.75) is 12.2 Å². The molecule has 0 fully saturated rings. The number of hydrogen-bond donors (Lipinski definition) is 3. The summed E-state index contributed by atoms with van der Waals surface area (Å²) in [6, 6.07) is 4.58. The van der Waals surface area contributed by atoms with Crippen molar-refractivity contribution < 1.29 is 9.50 Å². The first-order valence-electron chi connectivity index (χ1n) is 4.96. The van der Waals surface area contributed by atoms with Crippen molar-refractivity contribution in [3.05, 3.63) is 35.1 Å². The summed E-state index contributed by atoms with van der Waals surface area (Å²) in [5.41, 5.74) is 6.26. The van der Waals surface area contributed by atoms with Gasteiger partial charge in [0.15, 0.2) is 0 Å². The largest absolute Gasteiger partial charge is 0.396 e. The standard InChI is InChI=1S/C11H15FN2OS/c12-10-6-8(11(13)14)2-3-9(10)7-16-5-1-4-15/h2-3,6,15H,1,4-5,7H2,(H3,13,14). The molecule has 4 N–H and O–H groups in total. The third-order valence-electron chi connectivity index (χ3n) is 2.07. The first-order valence-corrected chi connectivity index (χ1v) is 6.12. The molecule has 0 heterocycles. The Labute approximate surface area is 98.4 Å². The van der Waals surface area contributed by atoms with Gasteiger partial charge in [0.05, 0.1) is 0 Å². The highest BCUT2D eigenvalue weighted by molar-refractivity contribution is 7.98. The van der Waals surface area contributed by atoms with E-state index in [-0.39, 0.29) is 18.3 Å². The van der Waals surface area contributed by atoms with Gasteiger partial charge in [0.25, 0.3) is 0 Å². The zero-order valence-electron chi connectivity index (χ0n) is 8.87. The topological polar surface area (TPSA) is 70.1 Å². The van der Waals surface area contributed by atoms with Crippen LogP contribution in [0.25, 0.3) is 0 Å². The Morgan fingerprint density at radius 2 is 2.25 bits per heavy atom. The van der Waals surface area contributed by atoms with Crippen molar-refractivity contribution in [3.63, 3.8) is 0 Å². The molecule has 1 aromatic carbocycles. The molecule has 16 heavy (non-hydrogen) atoms. The summed E-state index contributed by atoms with van der Waals surface area (Å²) in [5.74, 6) is 0.927. The molecule has 0 atom stereocenters. The molecule has 88 valence electrons. The minimum absolute atomic E-state index is 0.126. The first-order chi connectivity index (χ1) is 7.65. The number of aliphatic hydroxyl groups is 1. The summed E-state index contributed by atoms with van der Waals surface area (Å²) < 4.78 is 13.5. The van der Waals surface area contributed by atoms with E-state index in [1.54, 1.807) is 23.9 Å². The maximum atomic E-state index is 13.5. The molecule has 0 aliphatic carbocycles. The molecule has 0 saturated carbocycles. The van der Waals surface area contributed by atoms with E-state index in [4.69, 9.17) is 16.2 Å². The molecule has 0 aromatic heterocycles. The number of aliphatic hydroxyl groups excluding tert-OH is 1. The molecule has 0 bridgehead atoms. The van der Waals surface area contributed by atoms with Gasteiger partial charge in [-0.15, -0.1) is 0 Å². The third-order valence-corrected chi connectivity index (χ3v) is 3.16. The van der Waals surface area contributed by atoms with Gasteiger partial charge in [-0.2, -0.15) is 11.8 Å². The highest BCUT2D eigenvalue weighted by atomic mass is 32.2. The molecule has 3 nitrogen and oxygen atoms in total. The van der Waals surface area contributed by atoms with Crippen molar-refractivity contribution in [2.24, 2.45) is 5.73 Å². The van der Waals surface area contributed by atoms with E-state index in [0.29, 0.717) is 16.9 Å². The van der Waals surface area contributed by atoms with Crippen LogP contribution in [-0.2, 0) is 5.75 Å². The van der Waals surface area contributed by atoms with Gasteiger partial charge in [-0.3, -0.25) is 5.41 Å². The van der Waals surface area contributed by atoms with E-state index >= 15 is 0 Å². The van der Waals surface area contributed by atoms with Crippen LogP contribution < -0.4 is 5.73 Å². The van der Waals surface area contributed by atoms with Gasteiger partial charge in [0, 0.05) is 17.9 Å². The zero-order chi connectivity index (χ0) is 12.0. The van der Waals surface area contributed by atoms with Crippen LogP contribution in [0.1, 0.15) is 17.5 Å². The second-order valence-electron chi connectivity index (χ2n) is 3.35. The molecule has 5 heteroatoms. The summed E-state index contributed by atoms with van der Waals surface area (Å²) >= 11 is 1.57. The molecule has 0 aliphatic rings. The number of halogens is 1. The van der Waals surface area contributed by atoms with Crippen LogP contribution in [0.15, 0.2) is 18.2 Å². The fraction of sp³-hybridized carbons (Fsp3) is 0.364. The number of nitrogens with two attached hydrogens (primary N) is 1. The van der Waals surface area contributed by atoms with E-state index in [1.807, 2.05) is 0 Å². The Balaban J connectivity index is 2.57. The van der Waals surface area contributed by atoms with Gasteiger partial charge in [-0.25, -0.2) is 4.39 Å². The van der Waals surface area contributed by atoms with Crippen molar-refractivity contribution in [1.82, 2.24) is 0 Å². The molecular weight excluding hydrogens is 227 g/mol. The Kier molecular flexibility index (Phi) is 5.28. The summed E-state index contributed by atoms with van der Waals surface area (Å²) in [6.07, 6.45) is 0.720. The molecule has 0 unspecified atom stereocenters. The van der Waals surface area contributed by atoms with Crippen molar-refractivity contribution in [1.29, 1.82) is 5.41 Å². The smallest absolute Gasteiger partial charge is 0.127 e. The van der Waals surface area contributed by atoms with E-state index in [1.165, 1.54) is 6.07 Å². The van der Waals surface area contributed by atoms with Crippen LogP contribution >= 0.6 is 11.8 Å². The van der Waals surface area contributed by atoms with Gasteiger partial charge in [0.1, 0.15) is 11.7 Å². The van der Waals surface area contributed by atoms with Crippen LogP contribution in [-0.4, -0.2) is 23.3 Å². The summed E-state index contributed by atoms with van der Waals surface area (Å²) in [4.78, 5) is 0. The van der Waals surface area contributed by atoms with Crippen LogP contribution in [0.3, 0.4) is 0 Å². The molecule has 0 radical (unpaired) electrons. The quantitative estimate of drug-likeness (QED) is 0.404. The predicted molar refractivity (Wildman–Crippen MR) is 65.3 cm³/mol. The van der Waals surface area contributed by atoms with Crippen LogP contribution in [0.4, 0.5) is 4.39 Å². The molecule has 0 aliphatic heterocycles. The fourth-order valence-corrected chi connectivity index (χ4v) is 2.11. The maximum absolute atomic E-state index is 13.5. The number of amidine groups is 1. The molecule has 0 amide bonds. The first kappa shape index (κ1) is 13.0. The molecule has 1 rings (SSSR count). The Morgan fingerprint density at radius 1 is 1.50 bits per heavy atom. The second kappa shape index (κ2) is 6.50. The van der Waals surface area contributed by atoms with Gasteiger partial charge >= 0.3 is 0 Å². The lowest BCUT2D eigenvalue weighted by Gasteiger charge is -2.05. The van der Waals surface area contributed by atoms with Crippen LogP contribution in [0, 0.1) is 11.2 Å². The van der Waals surface area contributed by atoms with Crippen molar-refractivity contribution in [2.75, 3.05) is 12.4 Å². The summed E-state index contributed by atoms with van der Waals surface area (Å²) in [5, 5.41) is 15.8. The lowest BCUT2D eigenvalue weighted by Crippen LogP contribution is -2.11. The number of nitrogens with one attached hydrogen (secondary N) is 1. The zero-order valence-corrected chi connectivity index (χ0v) is 9.69. The minimum Gasteiger partial charge on any atom is -0.396 e. The summed E-state index contributed by atoms with van der Waals surface area (Å²) in [6.45, 7) is 0.165. The van der Waals surface area contributed by atoms with E-state index < -0.39 is 0 Å². The molecule has 0 saturated heterocycles. The average Bonchev–Trinajstić information content (AvgIpc) is 2.26. The predicted octanol–water partition coefficient (Wildman–Crippen LogP) is 1.73. The van der Waals surface area contributed by atoms with Gasteiger partial charge < -0.3 is 10.8 Å². The number of benzene rings is 1. The third kappa shape index (κ3) is 3.83. The van der Waals surface area contributed by atoms with Gasteiger partial charge in [0.2, 0.25) is 0 Å². The number of rotatable bonds is 6. The molecule has 0 spiro atoms. The molecular formula is C11H15FN2OS. The van der Waals surface area contributed by atoms with Crippen molar-refractivity contribution >= 4 is 17.6 Å². The Morgan fingerprint density at radius 3 is 2.81 bits per heavy atom. The number of hydrogen-bond acceptors (Lipinski definition) is 3. The minimum atomic E-state index is -0.329. The summed E-state index contributed by atoms with van der Waals surface area (Å²) in [7, 11) is 0. The lowest BCUT2D eigenvalue weighted by molar-refractivity contribution is 0.296. The highest BCUT2D eigenvalue weighted by Gasteiger charge is 2.05. The number of nitrogen functional groups attached to an aromatic ring is 1.